The van der Waals surface area contributed by atoms with E-state index < -0.39 is 17.8 Å². The number of amides is 1. The van der Waals surface area contributed by atoms with E-state index in [2.05, 4.69) is 5.32 Å². The molecule has 1 amide bonds. The first-order valence-electron chi connectivity index (χ1n) is 9.47. The summed E-state index contributed by atoms with van der Waals surface area (Å²) in [4.78, 5) is 37.6. The molecule has 2 heterocycles. The number of rotatable bonds is 4. The molecule has 0 aliphatic heterocycles. The van der Waals surface area contributed by atoms with Gasteiger partial charge >= 0.3 is 11.9 Å². The minimum absolute atomic E-state index is 0.0182. The van der Waals surface area contributed by atoms with Gasteiger partial charge in [-0.05, 0) is 35.4 Å². The van der Waals surface area contributed by atoms with E-state index in [9.17, 15) is 14.4 Å². The number of hydrogen-bond acceptors (Lipinski definition) is 8. The molecule has 0 bridgehead atoms. The van der Waals surface area contributed by atoms with Crippen molar-refractivity contribution < 1.29 is 28.3 Å². The Morgan fingerprint density at radius 3 is 2.44 bits per heavy atom. The van der Waals surface area contributed by atoms with Crippen LogP contribution in [0.25, 0.3) is 21.7 Å². The van der Waals surface area contributed by atoms with Gasteiger partial charge in [-0.3, -0.25) is 10.2 Å². The van der Waals surface area contributed by atoms with Crippen molar-refractivity contribution in [1.29, 1.82) is 5.41 Å². The van der Waals surface area contributed by atoms with Crippen molar-refractivity contribution in [3.63, 3.8) is 0 Å². The lowest BCUT2D eigenvalue weighted by molar-refractivity contribution is 0.0601. The molecular formula is C23H18N2O6S. The largest absolute Gasteiger partial charge is 0.465 e. The quantitative estimate of drug-likeness (QED) is 0.354. The third kappa shape index (κ3) is 3.52. The minimum atomic E-state index is -0.704. The van der Waals surface area contributed by atoms with E-state index in [1.54, 1.807) is 19.1 Å². The van der Waals surface area contributed by atoms with E-state index in [1.807, 2.05) is 30.3 Å². The summed E-state index contributed by atoms with van der Waals surface area (Å²) in [5.41, 5.74) is 0.521. The predicted octanol–water partition coefficient (Wildman–Crippen LogP) is 4.26. The third-order valence-electron chi connectivity index (χ3n) is 5.05. The van der Waals surface area contributed by atoms with Crippen LogP contribution >= 0.6 is 11.3 Å². The molecule has 8 nitrogen and oxygen atoms in total. The van der Waals surface area contributed by atoms with Gasteiger partial charge in [-0.1, -0.05) is 30.3 Å². The summed E-state index contributed by atoms with van der Waals surface area (Å²) >= 11 is 0.898. The maximum atomic E-state index is 13.1. The number of esters is 2. The molecule has 9 heteroatoms. The molecule has 0 saturated carbocycles. The second-order valence-electron chi connectivity index (χ2n) is 6.89. The molecule has 32 heavy (non-hydrogen) atoms. The van der Waals surface area contributed by atoms with Gasteiger partial charge in [0.15, 0.2) is 0 Å². The van der Waals surface area contributed by atoms with Crippen molar-refractivity contribution in [3.8, 4) is 0 Å². The van der Waals surface area contributed by atoms with Crippen LogP contribution in [0, 0.1) is 12.3 Å². The van der Waals surface area contributed by atoms with Gasteiger partial charge in [-0.25, -0.2) is 9.59 Å². The van der Waals surface area contributed by atoms with Crippen LogP contribution < -0.4 is 10.9 Å². The first-order valence-corrected chi connectivity index (χ1v) is 10.3. The molecule has 0 radical (unpaired) electrons. The summed E-state index contributed by atoms with van der Waals surface area (Å²) in [5.74, 6) is -1.99. The molecule has 0 spiro atoms. The van der Waals surface area contributed by atoms with Gasteiger partial charge in [0.25, 0.3) is 5.91 Å². The number of ether oxygens (including phenoxy) is 2. The van der Waals surface area contributed by atoms with Gasteiger partial charge in [0.05, 0.1) is 19.8 Å². The number of nitrogens with one attached hydrogen (secondary N) is 2. The van der Waals surface area contributed by atoms with Crippen molar-refractivity contribution in [2.24, 2.45) is 0 Å². The Hall–Kier alpha value is -3.98. The van der Waals surface area contributed by atoms with E-state index in [1.165, 1.54) is 14.2 Å². The van der Waals surface area contributed by atoms with Crippen LogP contribution in [0.15, 0.2) is 46.9 Å². The van der Waals surface area contributed by atoms with E-state index in [0.29, 0.717) is 16.5 Å². The fourth-order valence-corrected chi connectivity index (χ4v) is 4.57. The van der Waals surface area contributed by atoms with Crippen molar-refractivity contribution in [3.05, 3.63) is 69.6 Å². The van der Waals surface area contributed by atoms with Crippen LogP contribution in [0.5, 0.6) is 0 Å². The zero-order chi connectivity index (χ0) is 23.0. The lowest BCUT2D eigenvalue weighted by Crippen LogP contribution is -2.21. The molecule has 2 aromatic heterocycles. The maximum absolute atomic E-state index is 13.1. The normalized spacial score (nSPS) is 10.8. The topological polar surface area (TPSA) is 119 Å². The Bertz CT molecular complexity index is 1470. The molecule has 0 aliphatic rings. The first-order chi connectivity index (χ1) is 15.3. The maximum Gasteiger partial charge on any atom is 0.348 e. The Balaban J connectivity index is 1.81. The molecule has 162 valence electrons. The van der Waals surface area contributed by atoms with E-state index in [4.69, 9.17) is 19.3 Å². The summed E-state index contributed by atoms with van der Waals surface area (Å²) in [5, 5.41) is 13.4. The van der Waals surface area contributed by atoms with Gasteiger partial charge in [0.2, 0.25) is 5.55 Å². The smallest absolute Gasteiger partial charge is 0.348 e. The number of fused-ring (bicyclic) bond motifs is 3. The van der Waals surface area contributed by atoms with E-state index >= 15 is 0 Å². The van der Waals surface area contributed by atoms with Gasteiger partial charge in [-0.2, -0.15) is 0 Å². The number of carbonyl (C=O) groups is 3. The highest BCUT2D eigenvalue weighted by molar-refractivity contribution is 7.18. The molecule has 2 aromatic carbocycles. The van der Waals surface area contributed by atoms with Crippen molar-refractivity contribution in [2.45, 2.75) is 6.92 Å². The van der Waals surface area contributed by atoms with Crippen LogP contribution in [0.3, 0.4) is 0 Å². The lowest BCUT2D eigenvalue weighted by atomic mass is 10.0. The Morgan fingerprint density at radius 1 is 1.00 bits per heavy atom. The van der Waals surface area contributed by atoms with Crippen LogP contribution in [0.1, 0.15) is 36.0 Å². The third-order valence-corrected chi connectivity index (χ3v) is 6.24. The Kier molecular flexibility index (Phi) is 5.50. The number of hydrogen-bond donors (Lipinski definition) is 2. The molecular weight excluding hydrogens is 432 g/mol. The van der Waals surface area contributed by atoms with Gasteiger partial charge in [0, 0.05) is 5.39 Å². The average molecular weight is 450 g/mol. The summed E-state index contributed by atoms with van der Waals surface area (Å²) in [6.07, 6.45) is 0. The zero-order valence-corrected chi connectivity index (χ0v) is 18.2. The first kappa shape index (κ1) is 21.3. The van der Waals surface area contributed by atoms with Crippen LogP contribution in [0.4, 0.5) is 5.00 Å². The second kappa shape index (κ2) is 8.27. The van der Waals surface area contributed by atoms with Crippen molar-refractivity contribution in [1.82, 2.24) is 0 Å². The van der Waals surface area contributed by atoms with Gasteiger partial charge < -0.3 is 19.2 Å². The number of anilines is 1. The van der Waals surface area contributed by atoms with E-state index in [0.717, 1.165) is 22.1 Å². The van der Waals surface area contributed by atoms with Crippen LogP contribution in [0.2, 0.25) is 0 Å². The van der Waals surface area contributed by atoms with Gasteiger partial charge in [-0.15, -0.1) is 11.3 Å². The standard InChI is InChI=1S/C23H18N2O6S/c1-11-17(22(27)29-2)21(32-18(11)23(28)30-3)25-20(26)15-10-14-13-7-5-4-6-12(13)8-9-16(14)31-19(15)24/h4-10,24H,1-3H3,(H,25,26). The number of benzene rings is 2. The molecule has 4 rings (SSSR count). The number of carbonyl (C=O) groups excluding carboxylic acids is 3. The summed E-state index contributed by atoms with van der Waals surface area (Å²) in [6.45, 7) is 1.57. The van der Waals surface area contributed by atoms with Gasteiger partial charge in [0.1, 0.15) is 21.0 Å². The van der Waals surface area contributed by atoms with Crippen LogP contribution in [-0.4, -0.2) is 32.1 Å². The highest BCUT2D eigenvalue weighted by Crippen LogP contribution is 2.34. The molecule has 4 aromatic rings. The molecule has 0 fully saturated rings. The Labute approximate surface area is 185 Å². The van der Waals surface area contributed by atoms with E-state index in [-0.39, 0.29) is 26.6 Å². The zero-order valence-electron chi connectivity index (χ0n) is 17.4. The monoisotopic (exact) mass is 450 g/mol. The summed E-state index contributed by atoms with van der Waals surface area (Å²) < 4.78 is 15.2. The van der Waals surface area contributed by atoms with Crippen molar-refractivity contribution >= 4 is 55.9 Å². The Morgan fingerprint density at radius 2 is 1.72 bits per heavy atom. The predicted molar refractivity (Wildman–Crippen MR) is 119 cm³/mol. The molecule has 0 aliphatic carbocycles. The van der Waals surface area contributed by atoms with Crippen LogP contribution in [-0.2, 0) is 9.47 Å². The second-order valence-corrected chi connectivity index (χ2v) is 7.91. The average Bonchev–Trinajstić information content (AvgIpc) is 3.12. The summed E-state index contributed by atoms with van der Waals surface area (Å²) in [6, 6.07) is 12.8. The number of methoxy groups -OCH3 is 2. The highest BCUT2D eigenvalue weighted by atomic mass is 32.1. The fraction of sp³-hybridized carbons (Fsp3) is 0.130. The summed E-state index contributed by atoms with van der Waals surface area (Å²) in [7, 11) is 2.43. The lowest BCUT2D eigenvalue weighted by Gasteiger charge is -2.08. The SMILES string of the molecule is COC(=O)c1sc(NC(=O)c2cc3c(ccc4ccccc43)oc2=N)c(C(=O)OC)c1C. The molecule has 0 unspecified atom stereocenters. The molecule has 2 N–H and O–H groups in total. The molecule has 0 saturated heterocycles. The van der Waals surface area contributed by atoms with Crippen molar-refractivity contribution in [2.75, 3.05) is 19.5 Å². The highest BCUT2D eigenvalue weighted by Gasteiger charge is 2.27. The fourth-order valence-electron chi connectivity index (χ4n) is 3.46. The number of thiophene rings is 1. The minimum Gasteiger partial charge on any atom is -0.465 e. The molecule has 0 atom stereocenters.